The summed E-state index contributed by atoms with van der Waals surface area (Å²) in [6.45, 7) is 3.83. The van der Waals surface area contributed by atoms with Gasteiger partial charge in [0.15, 0.2) is 0 Å². The standard InChI is InChI=1S/C13H14N2O/c1-13(2,14-9-16)11-8-15(3)12-7-5-4-6-10(11)12/h4-8H,1-3H3. The number of rotatable bonds is 2. The van der Waals surface area contributed by atoms with E-state index in [2.05, 4.69) is 11.1 Å². The lowest BCUT2D eigenvalue weighted by molar-refractivity contribution is 0.524. The molecule has 0 aliphatic carbocycles. The van der Waals surface area contributed by atoms with E-state index >= 15 is 0 Å². The second-order valence-electron chi connectivity index (χ2n) is 4.43. The summed E-state index contributed by atoms with van der Waals surface area (Å²) in [7, 11) is 1.99. The van der Waals surface area contributed by atoms with Gasteiger partial charge in [-0.1, -0.05) is 18.2 Å². The Labute approximate surface area is 94.4 Å². The third kappa shape index (κ3) is 1.55. The van der Waals surface area contributed by atoms with Crippen LogP contribution in [-0.4, -0.2) is 10.6 Å². The molecular weight excluding hydrogens is 200 g/mol. The molecule has 3 heteroatoms. The quantitative estimate of drug-likeness (QED) is 0.559. The van der Waals surface area contributed by atoms with Gasteiger partial charge in [0.1, 0.15) is 0 Å². The van der Waals surface area contributed by atoms with E-state index in [0.717, 1.165) is 16.5 Å². The van der Waals surface area contributed by atoms with Gasteiger partial charge < -0.3 is 4.57 Å². The van der Waals surface area contributed by atoms with E-state index < -0.39 is 5.54 Å². The third-order valence-electron chi connectivity index (χ3n) is 2.88. The molecule has 0 saturated heterocycles. The first-order valence-electron chi connectivity index (χ1n) is 5.20. The molecule has 82 valence electrons. The van der Waals surface area contributed by atoms with Crippen molar-refractivity contribution in [1.82, 2.24) is 4.57 Å². The van der Waals surface area contributed by atoms with Crippen LogP contribution in [0.15, 0.2) is 35.5 Å². The maximum absolute atomic E-state index is 10.4. The number of carbonyl (C=O) groups excluding carboxylic acids is 1. The van der Waals surface area contributed by atoms with E-state index in [0.29, 0.717) is 0 Å². The maximum atomic E-state index is 10.4. The molecule has 1 aromatic heterocycles. The van der Waals surface area contributed by atoms with E-state index in [1.807, 2.05) is 49.9 Å². The van der Waals surface area contributed by atoms with Gasteiger partial charge in [0, 0.05) is 29.7 Å². The number of aliphatic imine (C=N–C) groups is 1. The van der Waals surface area contributed by atoms with Gasteiger partial charge >= 0.3 is 0 Å². The van der Waals surface area contributed by atoms with Gasteiger partial charge in [-0.25, -0.2) is 4.79 Å². The molecule has 1 aromatic carbocycles. The normalized spacial score (nSPS) is 11.4. The smallest absolute Gasteiger partial charge is 0.235 e. The number of aryl methyl sites for hydroxylation is 1. The molecule has 0 N–H and O–H groups in total. The van der Waals surface area contributed by atoms with Crippen LogP contribution in [0.25, 0.3) is 10.9 Å². The molecule has 3 nitrogen and oxygen atoms in total. The minimum Gasteiger partial charge on any atom is -0.350 e. The molecule has 2 rings (SSSR count). The molecule has 0 aliphatic rings. The molecule has 0 spiro atoms. The Kier molecular flexibility index (Phi) is 2.41. The first-order valence-corrected chi connectivity index (χ1v) is 5.20. The summed E-state index contributed by atoms with van der Waals surface area (Å²) in [5, 5.41) is 1.13. The van der Waals surface area contributed by atoms with Gasteiger partial charge in [0.25, 0.3) is 0 Å². The minimum atomic E-state index is -0.525. The molecule has 0 atom stereocenters. The number of hydrogen-bond donors (Lipinski definition) is 0. The number of para-hydroxylation sites is 1. The van der Waals surface area contributed by atoms with E-state index in [9.17, 15) is 4.79 Å². The first kappa shape index (κ1) is 10.7. The van der Waals surface area contributed by atoms with Crippen LogP contribution in [0.4, 0.5) is 0 Å². The largest absolute Gasteiger partial charge is 0.350 e. The number of isocyanates is 1. The average Bonchev–Trinajstić information content (AvgIpc) is 2.58. The van der Waals surface area contributed by atoms with Crippen molar-refractivity contribution < 1.29 is 4.79 Å². The number of hydrogen-bond acceptors (Lipinski definition) is 2. The molecule has 2 aromatic rings. The highest BCUT2D eigenvalue weighted by atomic mass is 16.1. The van der Waals surface area contributed by atoms with Gasteiger partial charge in [-0.3, -0.25) is 0 Å². The summed E-state index contributed by atoms with van der Waals surface area (Å²) in [6.07, 6.45) is 3.67. The van der Waals surface area contributed by atoms with Crippen molar-refractivity contribution in [2.45, 2.75) is 19.4 Å². The van der Waals surface area contributed by atoms with Crippen LogP contribution < -0.4 is 0 Å². The van der Waals surface area contributed by atoms with E-state index in [1.165, 1.54) is 0 Å². The summed E-state index contributed by atoms with van der Waals surface area (Å²) in [4.78, 5) is 14.3. The Bertz CT molecular complexity index is 575. The number of fused-ring (bicyclic) bond motifs is 1. The Morgan fingerprint density at radius 1 is 1.31 bits per heavy atom. The van der Waals surface area contributed by atoms with Crippen LogP contribution in [0.5, 0.6) is 0 Å². The van der Waals surface area contributed by atoms with E-state index in [-0.39, 0.29) is 0 Å². The lowest BCUT2D eigenvalue weighted by atomic mass is 9.95. The van der Waals surface area contributed by atoms with Crippen molar-refractivity contribution in [3.8, 4) is 0 Å². The zero-order valence-electron chi connectivity index (χ0n) is 9.69. The summed E-state index contributed by atoms with van der Waals surface area (Å²) in [6, 6.07) is 8.10. The SMILES string of the molecule is Cn1cc(C(C)(C)N=C=O)c2ccccc21. The fourth-order valence-corrected chi connectivity index (χ4v) is 2.00. The van der Waals surface area contributed by atoms with Crippen molar-refractivity contribution >= 4 is 17.0 Å². The highest BCUT2D eigenvalue weighted by molar-refractivity contribution is 5.85. The molecular formula is C13H14N2O. The maximum Gasteiger partial charge on any atom is 0.235 e. The molecule has 0 unspecified atom stereocenters. The Balaban J connectivity index is 2.75. The summed E-state index contributed by atoms with van der Waals surface area (Å²) in [5.74, 6) is 0. The van der Waals surface area contributed by atoms with Gasteiger partial charge in [-0.2, -0.15) is 4.99 Å². The molecule has 0 amide bonds. The third-order valence-corrected chi connectivity index (χ3v) is 2.88. The number of aromatic nitrogens is 1. The van der Waals surface area contributed by atoms with Crippen LogP contribution in [0.1, 0.15) is 19.4 Å². The number of nitrogens with zero attached hydrogens (tertiary/aromatic N) is 2. The van der Waals surface area contributed by atoms with Gasteiger partial charge in [-0.05, 0) is 19.9 Å². The minimum absolute atomic E-state index is 0.525. The molecule has 0 radical (unpaired) electrons. The van der Waals surface area contributed by atoms with Crippen molar-refractivity contribution in [3.05, 3.63) is 36.0 Å². The zero-order valence-corrected chi connectivity index (χ0v) is 9.69. The molecule has 0 bridgehead atoms. The van der Waals surface area contributed by atoms with Crippen LogP contribution >= 0.6 is 0 Å². The van der Waals surface area contributed by atoms with E-state index in [1.54, 1.807) is 6.08 Å². The second-order valence-corrected chi connectivity index (χ2v) is 4.43. The lowest BCUT2D eigenvalue weighted by Crippen LogP contribution is -2.12. The summed E-state index contributed by atoms with van der Waals surface area (Å²) in [5.41, 5.74) is 1.67. The second kappa shape index (κ2) is 3.62. The first-order chi connectivity index (χ1) is 7.56. The fraction of sp³-hybridized carbons (Fsp3) is 0.308. The van der Waals surface area contributed by atoms with Gasteiger partial charge in [-0.15, -0.1) is 0 Å². The monoisotopic (exact) mass is 214 g/mol. The van der Waals surface area contributed by atoms with Crippen LogP contribution in [0.3, 0.4) is 0 Å². The molecule has 0 saturated carbocycles. The van der Waals surface area contributed by atoms with Crippen molar-refractivity contribution in [1.29, 1.82) is 0 Å². The topological polar surface area (TPSA) is 34.4 Å². The predicted molar refractivity (Wildman–Crippen MR) is 64.1 cm³/mol. The lowest BCUT2D eigenvalue weighted by Gasteiger charge is -2.16. The highest BCUT2D eigenvalue weighted by Gasteiger charge is 2.23. The Morgan fingerprint density at radius 2 is 2.00 bits per heavy atom. The molecule has 16 heavy (non-hydrogen) atoms. The summed E-state index contributed by atoms with van der Waals surface area (Å²) >= 11 is 0. The summed E-state index contributed by atoms with van der Waals surface area (Å²) < 4.78 is 2.05. The van der Waals surface area contributed by atoms with Gasteiger partial charge in [0.2, 0.25) is 6.08 Å². The highest BCUT2D eigenvalue weighted by Crippen LogP contribution is 2.32. The average molecular weight is 214 g/mol. The van der Waals surface area contributed by atoms with Crippen molar-refractivity contribution in [2.24, 2.45) is 12.0 Å². The number of benzene rings is 1. The van der Waals surface area contributed by atoms with Crippen molar-refractivity contribution in [3.63, 3.8) is 0 Å². The Hall–Kier alpha value is -1.86. The van der Waals surface area contributed by atoms with Crippen molar-refractivity contribution in [2.75, 3.05) is 0 Å². The van der Waals surface area contributed by atoms with Gasteiger partial charge in [0.05, 0.1) is 5.54 Å². The van der Waals surface area contributed by atoms with E-state index in [4.69, 9.17) is 0 Å². The zero-order chi connectivity index (χ0) is 11.8. The molecule has 0 fully saturated rings. The molecule has 1 heterocycles. The Morgan fingerprint density at radius 3 is 2.69 bits per heavy atom. The fourth-order valence-electron chi connectivity index (χ4n) is 2.00. The van der Waals surface area contributed by atoms with Crippen LogP contribution in [-0.2, 0) is 17.4 Å². The van der Waals surface area contributed by atoms with Crippen LogP contribution in [0.2, 0.25) is 0 Å². The van der Waals surface area contributed by atoms with Crippen LogP contribution in [0, 0.1) is 0 Å². The predicted octanol–water partition coefficient (Wildman–Crippen LogP) is 2.75. The molecule has 0 aliphatic heterocycles.